The Morgan fingerprint density at radius 1 is 1.35 bits per heavy atom. The average Bonchev–Trinajstić information content (AvgIpc) is 3.21. The number of rotatable bonds is 6. The zero-order chi connectivity index (χ0) is 15.9. The summed E-state index contributed by atoms with van der Waals surface area (Å²) in [6.45, 7) is 0. The predicted molar refractivity (Wildman–Crippen MR) is 94.7 cm³/mol. The van der Waals surface area contributed by atoms with E-state index in [0.29, 0.717) is 0 Å². The van der Waals surface area contributed by atoms with Gasteiger partial charge in [0.05, 0.1) is 22.2 Å². The van der Waals surface area contributed by atoms with Gasteiger partial charge < -0.3 is 4.42 Å². The normalized spacial score (nSPS) is 11.7. The van der Waals surface area contributed by atoms with Gasteiger partial charge in [0.25, 0.3) is 5.91 Å². The molecule has 0 radical (unpaired) electrons. The van der Waals surface area contributed by atoms with Gasteiger partial charge in [-0.25, -0.2) is 10.4 Å². The average molecular weight is 343 g/mol. The van der Waals surface area contributed by atoms with E-state index in [2.05, 4.69) is 15.5 Å². The molecule has 3 rings (SSSR count). The van der Waals surface area contributed by atoms with Crippen molar-refractivity contribution in [3.05, 3.63) is 54.5 Å². The van der Waals surface area contributed by atoms with Gasteiger partial charge in [0.2, 0.25) is 0 Å². The van der Waals surface area contributed by atoms with Crippen LogP contribution < -0.4 is 5.43 Å². The number of hydrogen-bond acceptors (Lipinski definition) is 6. The summed E-state index contributed by atoms with van der Waals surface area (Å²) in [6, 6.07) is 11.6. The molecule has 5 nitrogen and oxygen atoms in total. The van der Waals surface area contributed by atoms with Crippen LogP contribution in [-0.4, -0.2) is 22.9 Å². The molecule has 0 bridgehead atoms. The molecule has 0 saturated carbocycles. The van der Waals surface area contributed by atoms with E-state index in [4.69, 9.17) is 4.42 Å². The second-order valence-electron chi connectivity index (χ2n) is 4.42. The number of furan rings is 1. The molecule has 23 heavy (non-hydrogen) atoms. The van der Waals surface area contributed by atoms with Gasteiger partial charge in [-0.15, -0.1) is 11.3 Å². The van der Waals surface area contributed by atoms with Crippen molar-refractivity contribution in [2.45, 2.75) is 4.34 Å². The number of para-hydroxylation sites is 1. The van der Waals surface area contributed by atoms with Crippen LogP contribution in [0, 0.1) is 0 Å². The molecule has 1 amide bonds. The molecule has 3 aromatic rings. The summed E-state index contributed by atoms with van der Waals surface area (Å²) in [5.74, 6) is 0.838. The Morgan fingerprint density at radius 2 is 2.26 bits per heavy atom. The lowest BCUT2D eigenvalue weighted by Gasteiger charge is -1.96. The van der Waals surface area contributed by atoms with Gasteiger partial charge in [0.15, 0.2) is 4.34 Å². The standard InChI is InChI=1S/C16H13N3O2S2/c20-15(19-17-9-3-5-12-6-4-10-21-12)11-22-16-18-13-7-1-2-8-14(13)23-16/h1-10H,11H2,(H,19,20)/b5-3+,17-9+. The third-order valence-electron chi connectivity index (χ3n) is 2.75. The van der Waals surface area contributed by atoms with E-state index < -0.39 is 0 Å². The van der Waals surface area contributed by atoms with Crippen LogP contribution >= 0.6 is 23.1 Å². The first-order valence-corrected chi connectivity index (χ1v) is 8.62. The summed E-state index contributed by atoms with van der Waals surface area (Å²) in [7, 11) is 0. The smallest absolute Gasteiger partial charge is 0.250 e. The Kier molecular flexibility index (Phi) is 5.23. The van der Waals surface area contributed by atoms with Crippen LogP contribution in [0.5, 0.6) is 0 Å². The van der Waals surface area contributed by atoms with E-state index >= 15 is 0 Å². The first-order valence-electron chi connectivity index (χ1n) is 6.82. The predicted octanol–water partition coefficient (Wildman–Crippen LogP) is 3.80. The summed E-state index contributed by atoms with van der Waals surface area (Å²) < 4.78 is 7.13. The number of thiazole rings is 1. The molecule has 2 heterocycles. The quantitative estimate of drug-likeness (QED) is 0.420. The first kappa shape index (κ1) is 15.5. The molecule has 0 spiro atoms. The molecular weight excluding hydrogens is 330 g/mol. The third kappa shape index (κ3) is 4.54. The van der Waals surface area contributed by atoms with Gasteiger partial charge in [-0.1, -0.05) is 23.9 Å². The van der Waals surface area contributed by atoms with Crippen LogP contribution in [0.2, 0.25) is 0 Å². The van der Waals surface area contributed by atoms with Crippen LogP contribution in [0.4, 0.5) is 0 Å². The van der Waals surface area contributed by atoms with Gasteiger partial charge in [-0.05, 0) is 36.4 Å². The molecule has 116 valence electrons. The number of nitrogens with one attached hydrogen (secondary N) is 1. The minimum Gasteiger partial charge on any atom is -0.465 e. The Morgan fingerprint density at radius 3 is 3.09 bits per heavy atom. The SMILES string of the molecule is O=C(CSc1nc2ccccc2s1)N/N=C/C=C/c1ccco1. The lowest BCUT2D eigenvalue weighted by molar-refractivity contribution is -0.118. The van der Waals surface area contributed by atoms with Crippen molar-refractivity contribution in [3.63, 3.8) is 0 Å². The summed E-state index contributed by atoms with van der Waals surface area (Å²) in [4.78, 5) is 16.2. The molecule has 0 unspecified atom stereocenters. The molecule has 0 saturated heterocycles. The second kappa shape index (κ2) is 7.75. The van der Waals surface area contributed by atoms with Crippen molar-refractivity contribution in [1.29, 1.82) is 0 Å². The van der Waals surface area contributed by atoms with Crippen LogP contribution in [0.15, 0.2) is 62.6 Å². The number of nitrogens with zero attached hydrogens (tertiary/aromatic N) is 2. The molecule has 2 aromatic heterocycles. The minimum atomic E-state index is -0.170. The fraction of sp³-hybridized carbons (Fsp3) is 0.0625. The molecule has 1 aromatic carbocycles. The lowest BCUT2D eigenvalue weighted by atomic mass is 10.3. The number of hydrazone groups is 1. The van der Waals surface area contributed by atoms with Gasteiger partial charge in [0, 0.05) is 6.21 Å². The fourth-order valence-corrected chi connectivity index (χ4v) is 3.61. The highest BCUT2D eigenvalue weighted by Crippen LogP contribution is 2.28. The van der Waals surface area contributed by atoms with E-state index in [0.717, 1.165) is 20.3 Å². The van der Waals surface area contributed by atoms with Crippen LogP contribution in [0.25, 0.3) is 16.3 Å². The Bertz CT molecular complexity index is 805. The van der Waals surface area contributed by atoms with Crippen molar-refractivity contribution in [2.24, 2.45) is 5.10 Å². The molecular formula is C16H13N3O2S2. The highest BCUT2D eigenvalue weighted by molar-refractivity contribution is 8.01. The van der Waals surface area contributed by atoms with Gasteiger partial charge in [-0.2, -0.15) is 5.10 Å². The van der Waals surface area contributed by atoms with Gasteiger partial charge in [-0.3, -0.25) is 4.79 Å². The number of thioether (sulfide) groups is 1. The van der Waals surface area contributed by atoms with E-state index in [1.807, 2.05) is 30.3 Å². The molecule has 1 N–H and O–H groups in total. The highest BCUT2D eigenvalue weighted by Gasteiger charge is 2.06. The number of benzene rings is 1. The topological polar surface area (TPSA) is 67.5 Å². The van der Waals surface area contributed by atoms with Gasteiger partial charge >= 0.3 is 0 Å². The molecule has 0 aliphatic carbocycles. The molecule has 0 aliphatic rings. The number of carbonyl (C=O) groups excluding carboxylic acids is 1. The zero-order valence-corrected chi connectivity index (χ0v) is 13.6. The minimum absolute atomic E-state index is 0.170. The lowest BCUT2D eigenvalue weighted by Crippen LogP contribution is -2.19. The third-order valence-corrected chi connectivity index (χ3v) is 4.93. The summed E-state index contributed by atoms with van der Waals surface area (Å²) in [6.07, 6.45) is 6.55. The van der Waals surface area contributed by atoms with Crippen molar-refractivity contribution in [3.8, 4) is 0 Å². The maximum atomic E-state index is 11.7. The molecule has 7 heteroatoms. The van der Waals surface area contributed by atoms with Crippen LogP contribution in [-0.2, 0) is 4.79 Å². The number of allylic oxidation sites excluding steroid dienone is 1. The molecule has 0 atom stereocenters. The van der Waals surface area contributed by atoms with Crippen LogP contribution in [0.3, 0.4) is 0 Å². The van der Waals surface area contributed by atoms with E-state index in [1.165, 1.54) is 18.0 Å². The van der Waals surface area contributed by atoms with Gasteiger partial charge in [0.1, 0.15) is 5.76 Å². The number of fused-ring (bicyclic) bond motifs is 1. The monoisotopic (exact) mass is 343 g/mol. The van der Waals surface area contributed by atoms with Crippen LogP contribution in [0.1, 0.15) is 5.76 Å². The number of amides is 1. The Hall–Kier alpha value is -2.38. The van der Waals surface area contributed by atoms with Crippen molar-refractivity contribution in [2.75, 3.05) is 5.75 Å². The maximum Gasteiger partial charge on any atom is 0.250 e. The summed E-state index contributed by atoms with van der Waals surface area (Å²) in [5, 5.41) is 3.84. The summed E-state index contributed by atoms with van der Waals surface area (Å²) in [5.41, 5.74) is 3.43. The number of hydrogen-bond donors (Lipinski definition) is 1. The number of carbonyl (C=O) groups is 1. The molecule has 0 aliphatic heterocycles. The Labute approximate surface area is 141 Å². The van der Waals surface area contributed by atoms with Crippen molar-refractivity contribution >= 4 is 51.5 Å². The number of aromatic nitrogens is 1. The largest absolute Gasteiger partial charge is 0.465 e. The van der Waals surface area contributed by atoms with E-state index in [-0.39, 0.29) is 11.7 Å². The summed E-state index contributed by atoms with van der Waals surface area (Å²) >= 11 is 2.99. The molecule has 0 fully saturated rings. The van der Waals surface area contributed by atoms with Crippen molar-refractivity contribution in [1.82, 2.24) is 10.4 Å². The Balaban J connectivity index is 1.44. The second-order valence-corrected chi connectivity index (χ2v) is 6.68. The van der Waals surface area contributed by atoms with E-state index in [1.54, 1.807) is 35.8 Å². The van der Waals surface area contributed by atoms with E-state index in [9.17, 15) is 4.79 Å². The maximum absolute atomic E-state index is 11.7. The zero-order valence-electron chi connectivity index (χ0n) is 12.0. The van der Waals surface area contributed by atoms with Crippen molar-refractivity contribution < 1.29 is 9.21 Å². The fourth-order valence-electron chi connectivity index (χ4n) is 1.75. The first-order chi connectivity index (χ1) is 11.3. The highest BCUT2D eigenvalue weighted by atomic mass is 32.2.